The molecule has 0 aromatic heterocycles. The third kappa shape index (κ3) is 32.6. The maximum Gasteiger partial charge on any atom is 0.291 e. The summed E-state index contributed by atoms with van der Waals surface area (Å²) in [7, 11) is 4.12. The highest BCUT2D eigenvalue weighted by Gasteiger charge is 1.86. The molecule has 0 aliphatic heterocycles. The van der Waals surface area contributed by atoms with Crippen molar-refractivity contribution in [3.8, 4) is 0 Å². The molecule has 0 heterocycles. The van der Waals surface area contributed by atoms with Gasteiger partial charge in [-0.2, -0.15) is 0 Å². The second-order valence-corrected chi connectivity index (χ2v) is 2.85. The normalized spacial score (nSPS) is 8.53. The lowest BCUT2D eigenvalue weighted by Crippen LogP contribution is -2.13. The zero-order chi connectivity index (χ0) is 12.1. The van der Waals surface area contributed by atoms with E-state index < -0.39 is 5.09 Å². The van der Waals surface area contributed by atoms with Gasteiger partial charge >= 0.3 is 0 Å². The molecule has 7 nitrogen and oxygen atoms in total. The Bertz CT molecular complexity index is 208. The molecule has 0 rings (SSSR count). The maximum absolute atomic E-state index is 8.36. The first-order valence-corrected chi connectivity index (χ1v) is 4.56. The quantitative estimate of drug-likeness (QED) is 0.319. The SMILES string of the molecule is CCN=C=NCCCN(C)C.O=[N+]([O-])O. The van der Waals surface area contributed by atoms with Crippen LogP contribution in [0.5, 0.6) is 0 Å². The molecular weight excluding hydrogens is 200 g/mol. The number of hydrogen-bond acceptors (Lipinski definition) is 5. The second kappa shape index (κ2) is 12.5. The molecule has 0 aromatic rings. The highest BCUT2D eigenvalue weighted by molar-refractivity contribution is 5.40. The number of nitrogens with zero attached hydrogens (tertiary/aromatic N) is 4. The average molecular weight is 218 g/mol. The first kappa shape index (κ1) is 16.0. The average Bonchev–Trinajstić information content (AvgIpc) is 2.09. The van der Waals surface area contributed by atoms with Crippen molar-refractivity contribution >= 4 is 6.01 Å². The molecule has 0 saturated carbocycles. The summed E-state index contributed by atoms with van der Waals surface area (Å²) in [5, 5.41) is 13.6. The standard InChI is InChI=1S/C8H17N3.HNO3/c1-4-9-8-10-6-5-7-11(2)3;2-1(3)4/h4-7H2,1-3H3;(H,2,3,4). The Balaban J connectivity index is 0. The summed E-state index contributed by atoms with van der Waals surface area (Å²) in [4.78, 5) is 18.4. The van der Waals surface area contributed by atoms with E-state index in [1.165, 1.54) is 0 Å². The molecule has 1 N–H and O–H groups in total. The first-order chi connectivity index (χ1) is 7.00. The van der Waals surface area contributed by atoms with Gasteiger partial charge < -0.3 is 10.1 Å². The summed E-state index contributed by atoms with van der Waals surface area (Å²) in [6.45, 7) is 4.67. The molecule has 0 aliphatic carbocycles. The molecule has 0 aliphatic rings. The van der Waals surface area contributed by atoms with E-state index in [4.69, 9.17) is 15.3 Å². The predicted molar refractivity (Wildman–Crippen MR) is 57.2 cm³/mol. The molecule has 0 saturated heterocycles. The Morgan fingerprint density at radius 3 is 2.40 bits per heavy atom. The monoisotopic (exact) mass is 218 g/mol. The fourth-order valence-electron chi connectivity index (χ4n) is 0.637. The molecule has 0 radical (unpaired) electrons. The predicted octanol–water partition coefficient (Wildman–Crippen LogP) is 0.784. The van der Waals surface area contributed by atoms with E-state index in [1.807, 2.05) is 6.92 Å². The molecule has 0 fully saturated rings. The van der Waals surface area contributed by atoms with Crippen LogP contribution in [0.15, 0.2) is 9.98 Å². The Morgan fingerprint density at radius 1 is 1.47 bits per heavy atom. The number of aliphatic imine (C=N–C) groups is 2. The van der Waals surface area contributed by atoms with E-state index in [9.17, 15) is 0 Å². The lowest BCUT2D eigenvalue weighted by atomic mass is 10.4. The van der Waals surface area contributed by atoms with Gasteiger partial charge in [0.1, 0.15) is 0 Å². The smallest absolute Gasteiger partial charge is 0.291 e. The van der Waals surface area contributed by atoms with Gasteiger partial charge in [0.15, 0.2) is 0 Å². The largest absolute Gasteiger partial charge is 0.328 e. The van der Waals surface area contributed by atoms with Crippen LogP contribution in [0, 0.1) is 10.1 Å². The minimum atomic E-state index is -1.50. The summed E-state index contributed by atoms with van der Waals surface area (Å²) in [5.41, 5.74) is 0. The van der Waals surface area contributed by atoms with E-state index >= 15 is 0 Å². The van der Waals surface area contributed by atoms with Crippen LogP contribution in [-0.2, 0) is 0 Å². The van der Waals surface area contributed by atoms with Crippen LogP contribution in [0.2, 0.25) is 0 Å². The maximum atomic E-state index is 8.36. The van der Waals surface area contributed by atoms with Crippen LogP contribution in [0.4, 0.5) is 0 Å². The van der Waals surface area contributed by atoms with Crippen molar-refractivity contribution in [1.82, 2.24) is 4.90 Å². The van der Waals surface area contributed by atoms with Crippen molar-refractivity contribution in [3.05, 3.63) is 10.1 Å². The van der Waals surface area contributed by atoms with Crippen LogP contribution in [0.3, 0.4) is 0 Å². The van der Waals surface area contributed by atoms with Gasteiger partial charge in [0.2, 0.25) is 0 Å². The van der Waals surface area contributed by atoms with Gasteiger partial charge in [-0.05, 0) is 34.0 Å². The summed E-state index contributed by atoms with van der Waals surface area (Å²) in [6, 6.07) is 2.64. The summed E-state index contributed by atoms with van der Waals surface area (Å²) in [5.74, 6) is 0. The molecule has 0 atom stereocenters. The fourth-order valence-corrected chi connectivity index (χ4v) is 0.637. The van der Waals surface area contributed by atoms with Gasteiger partial charge in [0.25, 0.3) is 5.09 Å². The van der Waals surface area contributed by atoms with Crippen molar-refractivity contribution in [1.29, 1.82) is 0 Å². The Hall–Kier alpha value is -1.46. The van der Waals surface area contributed by atoms with Crippen LogP contribution < -0.4 is 0 Å². The van der Waals surface area contributed by atoms with Gasteiger partial charge in [-0.25, -0.2) is 9.98 Å². The van der Waals surface area contributed by atoms with Crippen molar-refractivity contribution in [3.63, 3.8) is 0 Å². The van der Waals surface area contributed by atoms with Gasteiger partial charge in [-0.1, -0.05) is 0 Å². The third-order valence-corrected chi connectivity index (χ3v) is 1.17. The minimum Gasteiger partial charge on any atom is -0.328 e. The number of hydrogen-bond donors (Lipinski definition) is 1. The van der Waals surface area contributed by atoms with E-state index in [0.717, 1.165) is 26.1 Å². The van der Waals surface area contributed by atoms with Crippen molar-refractivity contribution in [2.75, 3.05) is 33.7 Å². The molecule has 0 amide bonds. The van der Waals surface area contributed by atoms with Crippen LogP contribution >= 0.6 is 0 Å². The van der Waals surface area contributed by atoms with E-state index in [0.29, 0.717) is 0 Å². The van der Waals surface area contributed by atoms with E-state index in [2.05, 4.69) is 35.0 Å². The molecular formula is C8H18N4O3. The van der Waals surface area contributed by atoms with Crippen LogP contribution in [0.25, 0.3) is 0 Å². The molecule has 0 unspecified atom stereocenters. The molecule has 0 bridgehead atoms. The summed E-state index contributed by atoms with van der Waals surface area (Å²) in [6.07, 6.45) is 1.08. The summed E-state index contributed by atoms with van der Waals surface area (Å²) < 4.78 is 0. The molecule has 88 valence electrons. The highest BCUT2D eigenvalue weighted by Crippen LogP contribution is 1.82. The van der Waals surface area contributed by atoms with Crippen molar-refractivity contribution in [2.24, 2.45) is 9.98 Å². The van der Waals surface area contributed by atoms with Gasteiger partial charge in [-0.3, -0.25) is 0 Å². The minimum absolute atomic E-state index is 0.775. The summed E-state index contributed by atoms with van der Waals surface area (Å²) >= 11 is 0. The third-order valence-electron chi connectivity index (χ3n) is 1.17. The van der Waals surface area contributed by atoms with Crippen LogP contribution in [0.1, 0.15) is 13.3 Å². The van der Waals surface area contributed by atoms with Gasteiger partial charge in [-0.15, -0.1) is 10.1 Å². The Labute approximate surface area is 89.3 Å². The lowest BCUT2D eigenvalue weighted by molar-refractivity contribution is -0.742. The topological polar surface area (TPSA) is 91.3 Å². The molecule has 15 heavy (non-hydrogen) atoms. The molecule has 7 heteroatoms. The highest BCUT2D eigenvalue weighted by atomic mass is 16.9. The molecule has 0 aromatic carbocycles. The van der Waals surface area contributed by atoms with E-state index in [-0.39, 0.29) is 0 Å². The fraction of sp³-hybridized carbons (Fsp3) is 0.875. The Morgan fingerprint density at radius 2 is 2.00 bits per heavy atom. The van der Waals surface area contributed by atoms with Gasteiger partial charge in [0.05, 0.1) is 12.6 Å². The number of rotatable bonds is 5. The Kier molecular flexibility index (Phi) is 13.4. The lowest BCUT2D eigenvalue weighted by Gasteiger charge is -2.05. The second-order valence-electron chi connectivity index (χ2n) is 2.85. The van der Waals surface area contributed by atoms with Crippen LogP contribution in [-0.4, -0.2) is 54.9 Å². The molecule has 0 spiro atoms. The zero-order valence-electron chi connectivity index (χ0n) is 9.38. The zero-order valence-corrected chi connectivity index (χ0v) is 9.38. The van der Waals surface area contributed by atoms with Crippen molar-refractivity contribution in [2.45, 2.75) is 13.3 Å². The van der Waals surface area contributed by atoms with E-state index in [1.54, 1.807) is 0 Å². The first-order valence-electron chi connectivity index (χ1n) is 4.56. The van der Waals surface area contributed by atoms with Gasteiger partial charge in [0, 0.05) is 6.54 Å². The van der Waals surface area contributed by atoms with Crippen molar-refractivity contribution < 1.29 is 10.3 Å².